The summed E-state index contributed by atoms with van der Waals surface area (Å²) in [5, 5.41) is 13.2. The van der Waals surface area contributed by atoms with Crippen molar-refractivity contribution in [3.63, 3.8) is 0 Å². The third-order valence-electron chi connectivity index (χ3n) is 5.65. The van der Waals surface area contributed by atoms with Gasteiger partial charge in [0.15, 0.2) is 0 Å². The van der Waals surface area contributed by atoms with Gasteiger partial charge < -0.3 is 26.0 Å². The first-order valence-corrected chi connectivity index (χ1v) is 10.3. The predicted molar refractivity (Wildman–Crippen MR) is 119 cm³/mol. The molecule has 3 heterocycles. The van der Waals surface area contributed by atoms with Gasteiger partial charge in [-0.05, 0) is 32.0 Å². The molecular formula is C21H25FN8O2. The van der Waals surface area contributed by atoms with Crippen molar-refractivity contribution in [1.82, 2.24) is 24.8 Å². The van der Waals surface area contributed by atoms with Crippen LogP contribution in [0.4, 0.5) is 22.1 Å². The summed E-state index contributed by atoms with van der Waals surface area (Å²) in [5.74, 6) is 0.543. The number of nitrogens with two attached hydrogens (primary N) is 1. The fourth-order valence-electron chi connectivity index (χ4n) is 3.85. The largest absolute Gasteiger partial charge is 0.387 e. The number of nitrogen functional groups attached to an aromatic ring is 1. The number of nitrogens with zero attached hydrogens (tertiary/aromatic N) is 6. The van der Waals surface area contributed by atoms with Crippen LogP contribution in [0.5, 0.6) is 0 Å². The highest BCUT2D eigenvalue weighted by Crippen LogP contribution is 2.32. The summed E-state index contributed by atoms with van der Waals surface area (Å²) in [6.45, 7) is 5.16. The molecular weight excluding hydrogens is 415 g/mol. The van der Waals surface area contributed by atoms with E-state index < -0.39 is 6.61 Å². The van der Waals surface area contributed by atoms with Gasteiger partial charge in [-0.25, -0.2) is 19.3 Å². The van der Waals surface area contributed by atoms with Crippen molar-refractivity contribution in [2.75, 3.05) is 48.7 Å². The summed E-state index contributed by atoms with van der Waals surface area (Å²) < 4.78 is 14.2. The van der Waals surface area contributed by atoms with Crippen molar-refractivity contribution < 1.29 is 14.3 Å². The molecule has 0 saturated carbocycles. The van der Waals surface area contributed by atoms with Crippen molar-refractivity contribution >= 4 is 34.5 Å². The Hall–Kier alpha value is -3.60. The maximum Gasteiger partial charge on any atom is 0.248 e. The topological polar surface area (TPSA) is 133 Å². The summed E-state index contributed by atoms with van der Waals surface area (Å²) in [6, 6.07) is 4.89. The molecule has 1 amide bonds. The minimum Gasteiger partial charge on any atom is -0.387 e. The Bertz CT molecular complexity index is 1150. The summed E-state index contributed by atoms with van der Waals surface area (Å²) in [7, 11) is 0. The molecule has 1 aliphatic heterocycles. The van der Waals surface area contributed by atoms with E-state index in [1.54, 1.807) is 17.9 Å². The van der Waals surface area contributed by atoms with Crippen LogP contribution in [0, 0.1) is 12.7 Å². The van der Waals surface area contributed by atoms with Gasteiger partial charge in [-0.1, -0.05) is 0 Å². The highest BCUT2D eigenvalue weighted by atomic mass is 19.1. The second-order valence-corrected chi connectivity index (χ2v) is 7.70. The number of carbonyl (C=O) groups is 1. The van der Waals surface area contributed by atoms with Gasteiger partial charge in [0.2, 0.25) is 17.8 Å². The number of carbonyl (C=O) groups excluding carboxylic acids is 1. The molecule has 1 fully saturated rings. The predicted octanol–water partition coefficient (Wildman–Crippen LogP) is 1.26. The van der Waals surface area contributed by atoms with Crippen LogP contribution < -0.4 is 16.0 Å². The molecule has 4 N–H and O–H groups in total. The molecule has 1 atom stereocenters. The number of piperazine rings is 1. The van der Waals surface area contributed by atoms with Crippen molar-refractivity contribution in [1.29, 1.82) is 0 Å². The number of aryl methyl sites for hydroxylation is 1. The highest BCUT2D eigenvalue weighted by molar-refractivity contribution is 5.85. The molecule has 1 aromatic carbocycles. The lowest BCUT2D eigenvalue weighted by Crippen LogP contribution is -2.50. The van der Waals surface area contributed by atoms with Crippen LogP contribution in [-0.4, -0.2) is 68.6 Å². The Morgan fingerprint density at radius 2 is 2.00 bits per heavy atom. The van der Waals surface area contributed by atoms with E-state index in [0.29, 0.717) is 49.0 Å². The number of anilines is 3. The Labute approximate surface area is 184 Å². The van der Waals surface area contributed by atoms with E-state index in [1.165, 1.54) is 12.4 Å². The zero-order valence-corrected chi connectivity index (χ0v) is 17.9. The van der Waals surface area contributed by atoms with Crippen LogP contribution in [0.2, 0.25) is 0 Å². The van der Waals surface area contributed by atoms with Crippen LogP contribution >= 0.6 is 0 Å². The fraction of sp³-hybridized carbons (Fsp3) is 0.381. The van der Waals surface area contributed by atoms with E-state index >= 15 is 0 Å². The first kappa shape index (κ1) is 21.6. The van der Waals surface area contributed by atoms with Gasteiger partial charge in [0.05, 0.1) is 11.6 Å². The molecule has 2 aromatic heterocycles. The maximum absolute atomic E-state index is 14.2. The molecule has 0 spiro atoms. The summed E-state index contributed by atoms with van der Waals surface area (Å²) >= 11 is 0. The summed E-state index contributed by atoms with van der Waals surface area (Å²) in [5.41, 5.74) is 7.62. The van der Waals surface area contributed by atoms with E-state index in [1.807, 2.05) is 13.0 Å². The number of hydrogen-bond donors (Lipinski definition) is 3. The molecule has 0 unspecified atom stereocenters. The van der Waals surface area contributed by atoms with Crippen LogP contribution in [0.15, 0.2) is 24.5 Å². The molecule has 1 aliphatic rings. The number of halogens is 1. The van der Waals surface area contributed by atoms with Crippen molar-refractivity contribution in [2.45, 2.75) is 19.9 Å². The van der Waals surface area contributed by atoms with Gasteiger partial charge in [0.25, 0.3) is 0 Å². The first-order valence-electron chi connectivity index (χ1n) is 10.3. The number of nitrogens with one attached hydrogen (secondary N) is 1. The molecule has 168 valence electrons. The number of benzene rings is 1. The van der Waals surface area contributed by atoms with Crippen molar-refractivity contribution in [2.24, 2.45) is 0 Å². The third kappa shape index (κ3) is 4.24. The van der Waals surface area contributed by atoms with Gasteiger partial charge in [-0.3, -0.25) is 4.79 Å². The summed E-state index contributed by atoms with van der Waals surface area (Å²) in [6.07, 6.45) is 1.33. The molecule has 0 radical (unpaired) electrons. The second kappa shape index (κ2) is 8.87. The number of aliphatic hydroxyl groups is 1. The number of aliphatic hydroxyl groups excluding tert-OH is 1. The van der Waals surface area contributed by atoms with Gasteiger partial charge >= 0.3 is 0 Å². The monoisotopic (exact) mass is 440 g/mol. The zero-order chi connectivity index (χ0) is 22.8. The molecule has 0 bridgehead atoms. The zero-order valence-electron chi connectivity index (χ0n) is 17.9. The Morgan fingerprint density at radius 3 is 2.69 bits per heavy atom. The lowest BCUT2D eigenvalue weighted by molar-refractivity contribution is -0.134. The fourth-order valence-corrected chi connectivity index (χ4v) is 3.85. The molecule has 11 heteroatoms. The molecule has 0 aliphatic carbocycles. The second-order valence-electron chi connectivity index (χ2n) is 7.70. The van der Waals surface area contributed by atoms with Gasteiger partial charge in [-0.2, -0.15) is 4.98 Å². The van der Waals surface area contributed by atoms with Crippen LogP contribution in [0.1, 0.15) is 24.1 Å². The van der Waals surface area contributed by atoms with E-state index in [0.717, 1.165) is 10.9 Å². The number of fused-ring (bicyclic) bond motifs is 1. The Kier molecular flexibility index (Phi) is 5.99. The highest BCUT2D eigenvalue weighted by Gasteiger charge is 2.25. The average molecular weight is 440 g/mol. The van der Waals surface area contributed by atoms with Gasteiger partial charge in [0.1, 0.15) is 24.6 Å². The SMILES string of the molecule is Cc1c(F)ccc2cc([C@H](C)Nc3ncnc(N)n3)c(N3CCN(C(=O)CO)CC3)nc12. The summed E-state index contributed by atoms with van der Waals surface area (Å²) in [4.78, 5) is 32.4. The Balaban J connectivity index is 1.72. The standard InChI is InChI=1S/C21H25FN8O2/c1-12-16(22)4-3-14-9-15(13(2)26-21-25-11-24-20(23)28-21)19(27-18(12)14)30-7-5-29(6-8-30)17(32)10-31/h3-4,9,11,13,31H,5-8,10H2,1-2H3,(H3,23,24,25,26,28)/t13-/m0/s1. The van der Waals surface area contributed by atoms with E-state index in [-0.39, 0.29) is 23.7 Å². The minimum atomic E-state index is -0.506. The third-order valence-corrected chi connectivity index (χ3v) is 5.65. The smallest absolute Gasteiger partial charge is 0.248 e. The minimum absolute atomic E-state index is 0.113. The number of rotatable bonds is 5. The molecule has 1 saturated heterocycles. The maximum atomic E-state index is 14.2. The molecule has 3 aromatic rings. The molecule has 32 heavy (non-hydrogen) atoms. The van der Waals surface area contributed by atoms with E-state index in [9.17, 15) is 9.18 Å². The lowest BCUT2D eigenvalue weighted by atomic mass is 10.0. The quantitative estimate of drug-likeness (QED) is 0.536. The number of hydrogen-bond acceptors (Lipinski definition) is 9. The van der Waals surface area contributed by atoms with Crippen LogP contribution in [0.25, 0.3) is 10.9 Å². The number of amides is 1. The van der Waals surface area contributed by atoms with E-state index in [2.05, 4.69) is 25.2 Å². The van der Waals surface area contributed by atoms with Crippen LogP contribution in [0.3, 0.4) is 0 Å². The number of aromatic nitrogens is 4. The Morgan fingerprint density at radius 1 is 1.25 bits per heavy atom. The normalized spacial score (nSPS) is 15.1. The van der Waals surface area contributed by atoms with E-state index in [4.69, 9.17) is 15.8 Å². The average Bonchev–Trinajstić information content (AvgIpc) is 2.80. The number of pyridine rings is 1. The van der Waals surface area contributed by atoms with Crippen molar-refractivity contribution in [3.8, 4) is 0 Å². The molecule has 10 nitrogen and oxygen atoms in total. The van der Waals surface area contributed by atoms with Gasteiger partial charge in [0, 0.05) is 42.7 Å². The van der Waals surface area contributed by atoms with Gasteiger partial charge in [-0.15, -0.1) is 0 Å². The van der Waals surface area contributed by atoms with Crippen LogP contribution in [-0.2, 0) is 4.79 Å². The first-order chi connectivity index (χ1) is 15.4. The molecule has 4 rings (SSSR count). The van der Waals surface area contributed by atoms with Crippen molar-refractivity contribution in [3.05, 3.63) is 41.5 Å². The lowest BCUT2D eigenvalue weighted by Gasteiger charge is -2.36.